The van der Waals surface area contributed by atoms with Gasteiger partial charge >= 0.3 is 7.82 Å². The molecule has 1 fully saturated rings. The molecule has 136 valence electrons. The quantitative estimate of drug-likeness (QED) is 0.297. The Kier molecular flexibility index (Phi) is 6.33. The van der Waals surface area contributed by atoms with E-state index >= 15 is 0 Å². The summed E-state index contributed by atoms with van der Waals surface area (Å²) in [5.41, 5.74) is 0. The van der Waals surface area contributed by atoms with Gasteiger partial charge in [-0.2, -0.15) is 0 Å². The van der Waals surface area contributed by atoms with Gasteiger partial charge in [0, 0.05) is 6.92 Å². The van der Waals surface area contributed by atoms with Crippen molar-refractivity contribution >= 4 is 23.6 Å². The van der Waals surface area contributed by atoms with Crippen molar-refractivity contribution in [2.75, 3.05) is 19.0 Å². The molecule has 0 bridgehead atoms. The van der Waals surface area contributed by atoms with Crippen LogP contribution in [-0.4, -0.2) is 76.5 Å². The summed E-state index contributed by atoms with van der Waals surface area (Å²) >= 11 is 0. The van der Waals surface area contributed by atoms with Crippen LogP contribution in [0.4, 0.5) is 0 Å². The summed E-state index contributed by atoms with van der Waals surface area (Å²) < 4.78 is 45.3. The summed E-state index contributed by atoms with van der Waals surface area (Å²) in [6, 6.07) is -1.58. The van der Waals surface area contributed by atoms with Gasteiger partial charge in [-0.3, -0.25) is 9.32 Å². The molecule has 1 aliphatic rings. The molecule has 0 spiro atoms. The molecule has 11 nitrogen and oxygen atoms in total. The van der Waals surface area contributed by atoms with Gasteiger partial charge in [-0.25, -0.2) is 13.0 Å². The fourth-order valence-electron chi connectivity index (χ4n) is 2.33. The Balaban J connectivity index is 3.38. The van der Waals surface area contributed by atoms with E-state index in [-0.39, 0.29) is 0 Å². The third-order valence-electron chi connectivity index (χ3n) is 3.43. The molecule has 1 amide bonds. The number of amides is 1. The molecule has 1 aliphatic heterocycles. The predicted molar refractivity (Wildman–Crippen MR) is 75.8 cm³/mol. The Morgan fingerprint density at radius 2 is 2.00 bits per heavy atom. The second kappa shape index (κ2) is 7.11. The molecule has 13 heteroatoms. The van der Waals surface area contributed by atoms with E-state index in [1.807, 2.05) is 0 Å². The van der Waals surface area contributed by atoms with Crippen molar-refractivity contribution in [1.29, 1.82) is 0 Å². The number of hydrogen-bond donors (Lipinski definition) is 5. The lowest BCUT2D eigenvalue weighted by atomic mass is 10.0. The largest absolute Gasteiger partial charge is 0.469 e. The van der Waals surface area contributed by atoms with Crippen molar-refractivity contribution in [3.8, 4) is 0 Å². The van der Waals surface area contributed by atoms with Crippen molar-refractivity contribution in [2.45, 2.75) is 37.0 Å². The topological polar surface area (TPSA) is 180 Å². The first-order valence-corrected chi connectivity index (χ1v) is 9.74. The molecule has 1 rings (SSSR count). The van der Waals surface area contributed by atoms with Crippen LogP contribution in [0.1, 0.15) is 13.8 Å². The standard InChI is InChI=1S/C10H20NO10PS/c1-3-23(18,19)10(5-20-22(15,16)17)9(11-6(2)13)8(14)7(4-12)21-10/h7-9,12,14H,3-5H2,1-2H3,(H,11,13)(H2,15,16,17)/t7-,8-,9-,10+/m1/s1. The van der Waals surface area contributed by atoms with E-state index in [4.69, 9.17) is 14.5 Å². The summed E-state index contributed by atoms with van der Waals surface area (Å²) in [4.78, 5) is 26.5. The summed E-state index contributed by atoms with van der Waals surface area (Å²) in [5.74, 6) is -1.22. The van der Waals surface area contributed by atoms with Crippen LogP contribution in [0.3, 0.4) is 0 Å². The molecule has 0 aromatic rings. The first-order valence-electron chi connectivity index (χ1n) is 6.56. The van der Waals surface area contributed by atoms with E-state index in [0.717, 1.165) is 6.92 Å². The minimum absolute atomic E-state index is 0.515. The minimum Gasteiger partial charge on any atom is -0.394 e. The van der Waals surface area contributed by atoms with E-state index in [9.17, 15) is 28.0 Å². The molecule has 0 aliphatic carbocycles. The van der Waals surface area contributed by atoms with Crippen LogP contribution < -0.4 is 5.32 Å². The predicted octanol–water partition coefficient (Wildman–Crippen LogP) is -2.52. The molecule has 0 aromatic heterocycles. The second-order valence-corrected chi connectivity index (χ2v) is 8.72. The molecular formula is C10H20NO10PS. The lowest BCUT2D eigenvalue weighted by Crippen LogP contribution is -2.60. The van der Waals surface area contributed by atoms with E-state index in [1.165, 1.54) is 6.92 Å². The lowest BCUT2D eigenvalue weighted by molar-refractivity contribution is -0.121. The molecule has 4 atom stereocenters. The molecular weight excluding hydrogens is 357 g/mol. The highest BCUT2D eigenvalue weighted by molar-refractivity contribution is 7.92. The molecule has 5 N–H and O–H groups in total. The van der Waals surface area contributed by atoms with E-state index in [1.54, 1.807) is 0 Å². The maximum atomic E-state index is 12.4. The van der Waals surface area contributed by atoms with Crippen molar-refractivity contribution in [1.82, 2.24) is 5.32 Å². The zero-order valence-electron chi connectivity index (χ0n) is 12.4. The number of aliphatic hydroxyl groups excluding tert-OH is 2. The molecule has 1 saturated heterocycles. The third kappa shape index (κ3) is 4.28. The molecule has 0 saturated carbocycles. The Bertz CT molecular complexity index is 588. The van der Waals surface area contributed by atoms with Crippen LogP contribution in [0.25, 0.3) is 0 Å². The number of nitrogens with one attached hydrogen (secondary N) is 1. The number of hydrogen-bond acceptors (Lipinski definition) is 8. The number of phosphoric acid groups is 1. The zero-order valence-corrected chi connectivity index (χ0v) is 14.2. The average molecular weight is 377 g/mol. The smallest absolute Gasteiger partial charge is 0.394 e. The van der Waals surface area contributed by atoms with Crippen molar-refractivity contribution in [3.05, 3.63) is 0 Å². The molecule has 0 radical (unpaired) electrons. The van der Waals surface area contributed by atoms with E-state index < -0.39 is 65.7 Å². The first kappa shape index (κ1) is 20.5. The third-order valence-corrected chi connectivity index (χ3v) is 6.17. The number of carbonyl (C=O) groups is 1. The summed E-state index contributed by atoms with van der Waals surface area (Å²) in [6.07, 6.45) is -3.00. The van der Waals surface area contributed by atoms with Crippen LogP contribution in [0.15, 0.2) is 0 Å². The normalized spacial score (nSPS) is 32.0. The van der Waals surface area contributed by atoms with Gasteiger partial charge in [-0.1, -0.05) is 6.92 Å². The van der Waals surface area contributed by atoms with Gasteiger partial charge in [0.2, 0.25) is 10.8 Å². The highest BCUT2D eigenvalue weighted by atomic mass is 32.2. The number of phosphoric ester groups is 1. The van der Waals surface area contributed by atoms with E-state index in [2.05, 4.69) is 9.84 Å². The van der Waals surface area contributed by atoms with Crippen LogP contribution in [0, 0.1) is 0 Å². The fraction of sp³-hybridized carbons (Fsp3) is 0.900. The number of carbonyl (C=O) groups excluding carboxylic acids is 1. The SMILES string of the molecule is CCS(=O)(=O)[C@]1(COP(=O)(O)O)O[C@H](CO)[C@@H](O)[C@H]1NC(C)=O. The van der Waals surface area contributed by atoms with Crippen molar-refractivity contribution < 1.29 is 47.0 Å². The number of aliphatic hydroxyl groups is 2. The summed E-state index contributed by atoms with van der Waals surface area (Å²) in [5, 5.41) is 21.5. The van der Waals surface area contributed by atoms with Crippen LogP contribution in [-0.2, 0) is 28.5 Å². The summed E-state index contributed by atoms with van der Waals surface area (Å²) in [6.45, 7) is 0.410. The first-order chi connectivity index (χ1) is 10.4. The van der Waals surface area contributed by atoms with Crippen LogP contribution in [0.2, 0.25) is 0 Å². The van der Waals surface area contributed by atoms with Crippen LogP contribution in [0.5, 0.6) is 0 Å². The second-order valence-electron chi connectivity index (χ2n) is 4.99. The molecule has 1 heterocycles. The van der Waals surface area contributed by atoms with E-state index in [0.29, 0.717) is 0 Å². The van der Waals surface area contributed by atoms with Gasteiger partial charge in [0.15, 0.2) is 9.84 Å². The van der Waals surface area contributed by atoms with Crippen molar-refractivity contribution in [2.24, 2.45) is 0 Å². The fourth-order valence-corrected chi connectivity index (χ4v) is 4.36. The Morgan fingerprint density at radius 1 is 1.43 bits per heavy atom. The van der Waals surface area contributed by atoms with Gasteiger partial charge in [0.1, 0.15) is 24.9 Å². The maximum absolute atomic E-state index is 12.4. The molecule has 0 aromatic carbocycles. The van der Waals surface area contributed by atoms with Gasteiger partial charge < -0.3 is 30.1 Å². The van der Waals surface area contributed by atoms with Gasteiger partial charge in [0.05, 0.1) is 12.4 Å². The van der Waals surface area contributed by atoms with Gasteiger partial charge in [-0.15, -0.1) is 0 Å². The highest BCUT2D eigenvalue weighted by Crippen LogP contribution is 2.43. The zero-order chi connectivity index (χ0) is 18.1. The Labute approximate surface area is 132 Å². The average Bonchev–Trinajstić information content (AvgIpc) is 2.70. The maximum Gasteiger partial charge on any atom is 0.469 e. The molecule has 0 unspecified atom stereocenters. The minimum atomic E-state index is -5.05. The Morgan fingerprint density at radius 3 is 2.39 bits per heavy atom. The number of rotatable bonds is 7. The summed E-state index contributed by atoms with van der Waals surface area (Å²) in [7, 11) is -9.28. The van der Waals surface area contributed by atoms with Crippen LogP contribution >= 0.6 is 7.82 Å². The van der Waals surface area contributed by atoms with Gasteiger partial charge in [0.25, 0.3) is 0 Å². The Hall–Kier alpha value is -0.590. The highest BCUT2D eigenvalue weighted by Gasteiger charge is 2.62. The number of ether oxygens (including phenoxy) is 1. The monoisotopic (exact) mass is 377 g/mol. The van der Waals surface area contributed by atoms with Crippen molar-refractivity contribution in [3.63, 3.8) is 0 Å². The molecule has 23 heavy (non-hydrogen) atoms. The number of sulfone groups is 1. The van der Waals surface area contributed by atoms with Gasteiger partial charge in [-0.05, 0) is 0 Å². The lowest BCUT2D eigenvalue weighted by Gasteiger charge is -2.33.